The monoisotopic (exact) mass is 348 g/mol. The van der Waals surface area contributed by atoms with E-state index in [1.165, 1.54) is 5.01 Å². The molecule has 0 radical (unpaired) electrons. The van der Waals surface area contributed by atoms with Crippen LogP contribution in [0, 0.1) is 0 Å². The van der Waals surface area contributed by atoms with Crippen molar-refractivity contribution >= 4 is 28.9 Å². The predicted octanol–water partition coefficient (Wildman–Crippen LogP) is 2.41. The summed E-state index contributed by atoms with van der Waals surface area (Å²) < 4.78 is 0. The zero-order valence-electron chi connectivity index (χ0n) is 14.3. The van der Waals surface area contributed by atoms with Gasteiger partial charge in [0, 0.05) is 43.8 Å². The van der Waals surface area contributed by atoms with Gasteiger partial charge in [0.15, 0.2) is 0 Å². The molecular weight excluding hydrogens is 324 g/mol. The first-order valence-corrected chi connectivity index (χ1v) is 9.61. The van der Waals surface area contributed by atoms with Crippen molar-refractivity contribution in [1.82, 2.24) is 14.9 Å². The molecule has 24 heavy (non-hydrogen) atoms. The smallest absolute Gasteiger partial charge is 0.270 e. The molecular formula is C17H24N4O2S. The number of nitrogens with zero attached hydrogens (tertiary/aromatic N) is 4. The fourth-order valence-corrected chi connectivity index (χ4v) is 4.25. The van der Waals surface area contributed by atoms with E-state index in [4.69, 9.17) is 4.98 Å². The van der Waals surface area contributed by atoms with Crippen molar-refractivity contribution in [2.75, 3.05) is 19.6 Å². The van der Waals surface area contributed by atoms with Crippen LogP contribution in [0.3, 0.4) is 0 Å². The fourth-order valence-electron chi connectivity index (χ4n) is 3.22. The molecule has 0 spiro atoms. The Balaban J connectivity index is 1.70. The molecule has 3 rings (SSSR count). The fraction of sp³-hybridized carbons (Fsp3) is 0.647. The van der Waals surface area contributed by atoms with Crippen molar-refractivity contribution in [3.63, 3.8) is 0 Å². The maximum Gasteiger partial charge on any atom is 0.270 e. The summed E-state index contributed by atoms with van der Waals surface area (Å²) in [4.78, 5) is 31.1. The van der Waals surface area contributed by atoms with Crippen molar-refractivity contribution in [3.05, 3.63) is 16.1 Å². The van der Waals surface area contributed by atoms with E-state index in [2.05, 4.69) is 17.4 Å². The van der Waals surface area contributed by atoms with Gasteiger partial charge in [-0.15, -0.1) is 11.3 Å². The summed E-state index contributed by atoms with van der Waals surface area (Å²) in [7, 11) is 0. The number of rotatable bonds is 4. The minimum atomic E-state index is -0.0158. The quantitative estimate of drug-likeness (QED) is 0.839. The molecule has 0 bridgehead atoms. The number of carbonyl (C=O) groups is 2. The van der Waals surface area contributed by atoms with Crippen LogP contribution in [0.15, 0.2) is 10.5 Å². The lowest BCUT2D eigenvalue weighted by Crippen LogP contribution is -2.45. The Morgan fingerprint density at radius 2 is 2.21 bits per heavy atom. The SMILES string of the molecule is CCc1csc([C@H]2CCCN(C(=O)C3=NN(CC)C(=O)CC3)C2)n1. The van der Waals surface area contributed by atoms with Crippen LogP contribution >= 0.6 is 11.3 Å². The second-order valence-electron chi connectivity index (χ2n) is 6.28. The van der Waals surface area contributed by atoms with Gasteiger partial charge >= 0.3 is 0 Å². The molecule has 0 aliphatic carbocycles. The minimum absolute atomic E-state index is 0.000418. The van der Waals surface area contributed by atoms with Gasteiger partial charge in [-0.3, -0.25) is 9.59 Å². The lowest BCUT2D eigenvalue weighted by Gasteiger charge is -2.33. The molecule has 7 heteroatoms. The third kappa shape index (κ3) is 3.50. The standard InChI is InChI=1S/C17H24N4O2S/c1-3-13-11-24-16(18-13)12-6-5-9-20(10-12)17(23)14-7-8-15(22)21(4-2)19-14/h11-12H,3-10H2,1-2H3/t12-/m0/s1. The molecule has 0 N–H and O–H groups in total. The lowest BCUT2D eigenvalue weighted by atomic mass is 9.98. The average molecular weight is 348 g/mol. The van der Waals surface area contributed by atoms with Crippen LogP contribution in [0.1, 0.15) is 56.2 Å². The summed E-state index contributed by atoms with van der Waals surface area (Å²) in [6.07, 6.45) is 3.84. The van der Waals surface area contributed by atoms with Crippen molar-refractivity contribution in [3.8, 4) is 0 Å². The second kappa shape index (κ2) is 7.42. The van der Waals surface area contributed by atoms with Crippen LogP contribution in [0.25, 0.3) is 0 Å². The topological polar surface area (TPSA) is 65.9 Å². The zero-order valence-corrected chi connectivity index (χ0v) is 15.1. The molecule has 2 aliphatic heterocycles. The highest BCUT2D eigenvalue weighted by molar-refractivity contribution is 7.09. The van der Waals surface area contributed by atoms with Crippen molar-refractivity contribution < 1.29 is 9.59 Å². The summed E-state index contributed by atoms with van der Waals surface area (Å²) in [5, 5.41) is 8.93. The Hall–Kier alpha value is -1.76. The van der Waals surface area contributed by atoms with Gasteiger partial charge < -0.3 is 4.90 Å². The van der Waals surface area contributed by atoms with Crippen LogP contribution < -0.4 is 0 Å². The number of aryl methyl sites for hydroxylation is 1. The largest absolute Gasteiger partial charge is 0.337 e. The number of piperidine rings is 1. The summed E-state index contributed by atoms with van der Waals surface area (Å²) in [6, 6.07) is 0. The molecule has 1 aromatic rings. The van der Waals surface area contributed by atoms with Crippen molar-refractivity contribution in [1.29, 1.82) is 0 Å². The maximum atomic E-state index is 12.8. The van der Waals surface area contributed by atoms with Crippen LogP contribution in [0.2, 0.25) is 0 Å². The van der Waals surface area contributed by atoms with E-state index in [0.717, 1.165) is 36.5 Å². The van der Waals surface area contributed by atoms with Gasteiger partial charge in [-0.2, -0.15) is 5.10 Å². The highest BCUT2D eigenvalue weighted by atomic mass is 32.1. The molecule has 0 aromatic carbocycles. The average Bonchev–Trinajstić information content (AvgIpc) is 3.11. The van der Waals surface area contributed by atoms with E-state index in [1.807, 2.05) is 11.8 Å². The number of thiazole rings is 1. The van der Waals surface area contributed by atoms with Gasteiger partial charge in [-0.05, 0) is 26.2 Å². The van der Waals surface area contributed by atoms with Gasteiger partial charge in [0.2, 0.25) is 5.91 Å². The number of hydrazone groups is 1. The van der Waals surface area contributed by atoms with E-state index in [1.54, 1.807) is 11.3 Å². The Labute approximate surface area is 146 Å². The number of hydrogen-bond donors (Lipinski definition) is 0. The molecule has 0 unspecified atom stereocenters. The van der Waals surface area contributed by atoms with E-state index in [-0.39, 0.29) is 11.8 Å². The third-order valence-electron chi connectivity index (χ3n) is 4.64. The predicted molar refractivity (Wildman–Crippen MR) is 94.1 cm³/mol. The Kier molecular flexibility index (Phi) is 5.28. The molecule has 3 heterocycles. The molecule has 6 nitrogen and oxygen atoms in total. The molecule has 1 aromatic heterocycles. The lowest BCUT2D eigenvalue weighted by molar-refractivity contribution is -0.132. The highest BCUT2D eigenvalue weighted by Crippen LogP contribution is 2.29. The van der Waals surface area contributed by atoms with Gasteiger partial charge in [-0.25, -0.2) is 9.99 Å². The van der Waals surface area contributed by atoms with E-state index in [9.17, 15) is 9.59 Å². The van der Waals surface area contributed by atoms with Gasteiger partial charge in [0.05, 0.1) is 10.7 Å². The first-order valence-electron chi connectivity index (χ1n) is 8.73. The minimum Gasteiger partial charge on any atom is -0.337 e. The van der Waals surface area contributed by atoms with Crippen LogP contribution in [0.4, 0.5) is 0 Å². The van der Waals surface area contributed by atoms with Crippen LogP contribution in [-0.4, -0.2) is 52.1 Å². The molecule has 0 saturated carbocycles. The number of amides is 2. The number of aromatic nitrogens is 1. The van der Waals surface area contributed by atoms with Gasteiger partial charge in [-0.1, -0.05) is 6.92 Å². The maximum absolute atomic E-state index is 12.8. The summed E-state index contributed by atoms with van der Waals surface area (Å²) in [5.41, 5.74) is 1.65. The zero-order chi connectivity index (χ0) is 17.1. The third-order valence-corrected chi connectivity index (χ3v) is 5.70. The Morgan fingerprint density at radius 1 is 1.38 bits per heavy atom. The highest BCUT2D eigenvalue weighted by Gasteiger charge is 2.31. The normalized spacial score (nSPS) is 21.8. The Bertz CT molecular complexity index is 655. The second-order valence-corrected chi connectivity index (χ2v) is 7.17. The first-order chi connectivity index (χ1) is 11.6. The molecule has 1 fully saturated rings. The summed E-state index contributed by atoms with van der Waals surface area (Å²) >= 11 is 1.70. The number of likely N-dealkylation sites (tertiary alicyclic amines) is 1. The summed E-state index contributed by atoms with van der Waals surface area (Å²) in [5.74, 6) is 0.305. The molecule has 130 valence electrons. The molecule has 1 atom stereocenters. The van der Waals surface area contributed by atoms with Crippen LogP contribution in [0.5, 0.6) is 0 Å². The molecule has 2 amide bonds. The van der Waals surface area contributed by atoms with Gasteiger partial charge in [0.1, 0.15) is 5.71 Å². The van der Waals surface area contributed by atoms with E-state index >= 15 is 0 Å². The number of hydrogen-bond acceptors (Lipinski definition) is 5. The molecule has 1 saturated heterocycles. The first kappa shape index (κ1) is 17.1. The van der Waals surface area contributed by atoms with Crippen molar-refractivity contribution in [2.45, 2.75) is 51.9 Å². The van der Waals surface area contributed by atoms with E-state index in [0.29, 0.717) is 37.6 Å². The van der Waals surface area contributed by atoms with Crippen molar-refractivity contribution in [2.24, 2.45) is 5.10 Å². The summed E-state index contributed by atoms with van der Waals surface area (Å²) in [6.45, 7) is 5.96. The number of carbonyl (C=O) groups excluding carboxylic acids is 2. The van der Waals surface area contributed by atoms with Gasteiger partial charge in [0.25, 0.3) is 5.91 Å². The molecule has 2 aliphatic rings. The van der Waals surface area contributed by atoms with Crippen LogP contribution in [-0.2, 0) is 16.0 Å². The van der Waals surface area contributed by atoms with E-state index < -0.39 is 0 Å². The Morgan fingerprint density at radius 3 is 2.92 bits per heavy atom.